The van der Waals surface area contributed by atoms with Crippen LogP contribution in [0.15, 0.2) is 35.5 Å². The maximum absolute atomic E-state index is 12.9. The second kappa shape index (κ2) is 6.36. The Balaban J connectivity index is 1.63. The first kappa shape index (κ1) is 17.0. The Bertz CT molecular complexity index is 914. The number of ether oxygens (including phenoxy) is 1. The first-order valence-corrected chi connectivity index (χ1v) is 9.81. The summed E-state index contributed by atoms with van der Waals surface area (Å²) in [5, 5.41) is 6.28. The van der Waals surface area contributed by atoms with Crippen molar-refractivity contribution in [3.63, 3.8) is 0 Å². The van der Waals surface area contributed by atoms with Gasteiger partial charge in [-0.2, -0.15) is 9.40 Å². The Hall–Kier alpha value is -2.46. The number of carbonyl (C=O) groups excluding carboxylic acids is 1. The molecule has 2 aromatic rings. The quantitative estimate of drug-likeness (QED) is 0.775. The fraction of sp³-hybridized carbons (Fsp3) is 0.438. The minimum Gasteiger partial charge on any atom is -0.487 e. The maximum atomic E-state index is 12.9. The molecule has 4 rings (SSSR count). The number of carbonyl (C=O) groups is 1. The molecule has 0 unspecified atom stereocenters. The summed E-state index contributed by atoms with van der Waals surface area (Å²) in [6, 6.07) is 6.33. The molecule has 1 fully saturated rings. The number of hydrogen-bond donors (Lipinski definition) is 1. The summed E-state index contributed by atoms with van der Waals surface area (Å²) in [5.74, 6) is 0.297. The molecule has 26 heavy (non-hydrogen) atoms. The summed E-state index contributed by atoms with van der Waals surface area (Å²) in [6.07, 6.45) is 1.97. The number of sulfonamides is 1. The Morgan fingerprint density at radius 1 is 1.27 bits per heavy atom. The van der Waals surface area contributed by atoms with Crippen LogP contribution in [0.25, 0.3) is 0 Å². The molecule has 1 amide bonds. The van der Waals surface area contributed by atoms with Gasteiger partial charge in [-0.3, -0.25) is 9.89 Å². The number of aromatic nitrogens is 3. The van der Waals surface area contributed by atoms with E-state index in [0.29, 0.717) is 31.7 Å². The van der Waals surface area contributed by atoms with Crippen molar-refractivity contribution in [2.75, 3.05) is 20.1 Å². The topological polar surface area (TPSA) is 108 Å². The van der Waals surface area contributed by atoms with Gasteiger partial charge in [0.1, 0.15) is 23.1 Å². The van der Waals surface area contributed by atoms with Gasteiger partial charge in [0, 0.05) is 26.6 Å². The van der Waals surface area contributed by atoms with Gasteiger partial charge in [0.2, 0.25) is 15.8 Å². The molecule has 138 valence electrons. The van der Waals surface area contributed by atoms with Crippen LogP contribution in [-0.2, 0) is 10.0 Å². The van der Waals surface area contributed by atoms with Gasteiger partial charge < -0.3 is 9.64 Å². The second-order valence-electron chi connectivity index (χ2n) is 6.40. The first-order valence-electron chi connectivity index (χ1n) is 8.37. The van der Waals surface area contributed by atoms with Crippen LogP contribution in [0, 0.1) is 0 Å². The molecular formula is C16H19N5O4S. The number of para-hydroxylation sites is 1. The molecule has 10 heteroatoms. The normalized spacial score (nSPS) is 25.3. The zero-order valence-corrected chi connectivity index (χ0v) is 15.0. The smallest absolute Gasteiger partial charge is 0.291 e. The lowest BCUT2D eigenvalue weighted by molar-refractivity contribution is 0.0743. The van der Waals surface area contributed by atoms with Crippen LogP contribution in [0.5, 0.6) is 5.75 Å². The summed E-state index contributed by atoms with van der Waals surface area (Å²) >= 11 is 0. The molecule has 1 aromatic heterocycles. The number of likely N-dealkylation sites (tertiary alicyclic amines) is 1. The van der Waals surface area contributed by atoms with Crippen molar-refractivity contribution in [2.45, 2.75) is 29.9 Å². The number of amides is 1. The highest BCUT2D eigenvalue weighted by Crippen LogP contribution is 2.35. The third-order valence-corrected chi connectivity index (χ3v) is 6.89. The summed E-state index contributed by atoms with van der Waals surface area (Å²) in [4.78, 5) is 18.3. The number of benzene rings is 1. The Morgan fingerprint density at radius 2 is 2.04 bits per heavy atom. The fourth-order valence-corrected chi connectivity index (χ4v) is 5.06. The van der Waals surface area contributed by atoms with Crippen molar-refractivity contribution in [1.82, 2.24) is 24.4 Å². The number of fused-ring (bicyclic) bond motifs is 2. The minimum atomic E-state index is -3.65. The molecule has 1 saturated heterocycles. The number of aromatic amines is 1. The molecule has 1 N–H and O–H groups in total. The molecular weight excluding hydrogens is 358 g/mol. The van der Waals surface area contributed by atoms with Crippen molar-refractivity contribution in [3.05, 3.63) is 36.4 Å². The fourth-order valence-electron chi connectivity index (χ4n) is 3.53. The number of nitrogens with zero attached hydrogens (tertiary/aromatic N) is 4. The van der Waals surface area contributed by atoms with E-state index >= 15 is 0 Å². The number of nitrogens with one attached hydrogen (secondary N) is 1. The third kappa shape index (κ3) is 2.74. The lowest BCUT2D eigenvalue weighted by Gasteiger charge is -2.28. The average Bonchev–Trinajstić information content (AvgIpc) is 3.07. The zero-order valence-electron chi connectivity index (χ0n) is 14.2. The van der Waals surface area contributed by atoms with Crippen LogP contribution < -0.4 is 4.74 Å². The molecule has 2 atom stereocenters. The van der Waals surface area contributed by atoms with Crippen LogP contribution in [0.3, 0.4) is 0 Å². The summed E-state index contributed by atoms with van der Waals surface area (Å²) < 4.78 is 33.3. The monoisotopic (exact) mass is 377 g/mol. The molecule has 9 nitrogen and oxygen atoms in total. The predicted octanol–water partition coefficient (Wildman–Crippen LogP) is 0.491. The molecule has 0 bridgehead atoms. The minimum absolute atomic E-state index is 0.180. The predicted molar refractivity (Wildman–Crippen MR) is 91.1 cm³/mol. The van der Waals surface area contributed by atoms with E-state index in [9.17, 15) is 13.2 Å². The van der Waals surface area contributed by atoms with E-state index in [1.165, 1.54) is 10.6 Å². The average molecular weight is 377 g/mol. The second-order valence-corrected chi connectivity index (χ2v) is 8.36. The molecule has 3 heterocycles. The lowest BCUT2D eigenvalue weighted by Crippen LogP contribution is -2.44. The van der Waals surface area contributed by atoms with Crippen LogP contribution in [-0.4, -0.2) is 71.0 Å². The maximum Gasteiger partial charge on any atom is 0.291 e. The van der Waals surface area contributed by atoms with Crippen LogP contribution in [0.4, 0.5) is 0 Å². The standard InChI is InChI=1S/C16H19N5O4S/c1-20-11-6-8-21(16(22)15-17-10-18-19-15)9-7-12(11)25-13-4-2-3-5-14(13)26(20,23)24/h2-5,10-12H,6-9H2,1H3,(H,17,18,19)/t11-,12-/m0/s1. The van der Waals surface area contributed by atoms with Gasteiger partial charge in [0.05, 0.1) is 6.04 Å². The molecule has 2 aliphatic heterocycles. The van der Waals surface area contributed by atoms with Crippen LogP contribution in [0.2, 0.25) is 0 Å². The van der Waals surface area contributed by atoms with Gasteiger partial charge in [0.15, 0.2) is 0 Å². The number of H-pyrrole nitrogens is 1. The van der Waals surface area contributed by atoms with Gasteiger partial charge in [-0.1, -0.05) is 12.1 Å². The molecule has 0 saturated carbocycles. The first-order chi connectivity index (χ1) is 12.5. The largest absolute Gasteiger partial charge is 0.487 e. The zero-order chi connectivity index (χ0) is 18.3. The highest BCUT2D eigenvalue weighted by atomic mass is 32.2. The molecule has 1 aromatic carbocycles. The van der Waals surface area contributed by atoms with Gasteiger partial charge in [-0.05, 0) is 18.6 Å². The van der Waals surface area contributed by atoms with E-state index in [2.05, 4.69) is 15.2 Å². The van der Waals surface area contributed by atoms with E-state index in [0.717, 1.165) is 0 Å². The number of likely N-dealkylation sites (N-methyl/N-ethyl adjacent to an activating group) is 1. The van der Waals surface area contributed by atoms with E-state index in [1.54, 1.807) is 36.2 Å². The van der Waals surface area contributed by atoms with Gasteiger partial charge >= 0.3 is 0 Å². The van der Waals surface area contributed by atoms with E-state index in [-0.39, 0.29) is 28.8 Å². The van der Waals surface area contributed by atoms with Gasteiger partial charge in [-0.15, -0.1) is 0 Å². The number of hydrogen-bond acceptors (Lipinski definition) is 6. The Labute approximate surface area is 151 Å². The third-order valence-electron chi connectivity index (χ3n) is 4.96. The SMILES string of the molecule is CN1[C@H]2CCN(C(=O)c3ncn[nH]3)CC[C@@H]2Oc2ccccc2S1(=O)=O. The van der Waals surface area contributed by atoms with Crippen molar-refractivity contribution in [2.24, 2.45) is 0 Å². The van der Waals surface area contributed by atoms with Crippen molar-refractivity contribution >= 4 is 15.9 Å². The van der Waals surface area contributed by atoms with Crippen LogP contribution in [0.1, 0.15) is 23.5 Å². The molecule has 0 radical (unpaired) electrons. The summed E-state index contributed by atoms with van der Waals surface area (Å²) in [5.41, 5.74) is 0. The Morgan fingerprint density at radius 3 is 2.81 bits per heavy atom. The highest BCUT2D eigenvalue weighted by Gasteiger charge is 2.41. The number of rotatable bonds is 1. The van der Waals surface area contributed by atoms with Crippen LogP contribution >= 0.6 is 0 Å². The summed E-state index contributed by atoms with van der Waals surface area (Å²) in [7, 11) is -2.07. The molecule has 0 aliphatic carbocycles. The van der Waals surface area contributed by atoms with E-state index in [4.69, 9.17) is 4.74 Å². The van der Waals surface area contributed by atoms with Crippen molar-refractivity contribution < 1.29 is 17.9 Å². The molecule has 2 aliphatic rings. The van der Waals surface area contributed by atoms with E-state index < -0.39 is 10.0 Å². The van der Waals surface area contributed by atoms with Crippen molar-refractivity contribution in [1.29, 1.82) is 0 Å². The van der Waals surface area contributed by atoms with Crippen molar-refractivity contribution in [3.8, 4) is 5.75 Å². The lowest BCUT2D eigenvalue weighted by atomic mass is 10.1. The Kier molecular flexibility index (Phi) is 4.16. The van der Waals surface area contributed by atoms with Gasteiger partial charge in [-0.25, -0.2) is 13.4 Å². The van der Waals surface area contributed by atoms with E-state index in [1.807, 2.05) is 0 Å². The summed E-state index contributed by atoms with van der Waals surface area (Å²) in [6.45, 7) is 0.872. The highest BCUT2D eigenvalue weighted by molar-refractivity contribution is 7.89. The molecule has 0 spiro atoms. The van der Waals surface area contributed by atoms with Gasteiger partial charge in [0.25, 0.3) is 5.91 Å².